The maximum absolute atomic E-state index is 12.7. The molecule has 25 heavy (non-hydrogen) atoms. The van der Waals surface area contributed by atoms with Gasteiger partial charge in [0.05, 0.1) is 0 Å². The highest BCUT2D eigenvalue weighted by molar-refractivity contribution is 6.30. The van der Waals surface area contributed by atoms with Crippen LogP contribution in [0.3, 0.4) is 0 Å². The van der Waals surface area contributed by atoms with Gasteiger partial charge in [-0.1, -0.05) is 29.8 Å². The van der Waals surface area contributed by atoms with E-state index in [4.69, 9.17) is 11.6 Å². The van der Waals surface area contributed by atoms with E-state index in [9.17, 15) is 19.5 Å². The first-order chi connectivity index (χ1) is 12.0. The number of nitrogens with one attached hydrogen (secondary N) is 1. The van der Waals surface area contributed by atoms with Crippen LogP contribution in [0.2, 0.25) is 5.02 Å². The van der Waals surface area contributed by atoms with Gasteiger partial charge in [-0.05, 0) is 36.4 Å². The summed E-state index contributed by atoms with van der Waals surface area (Å²) in [5.41, 5.74) is 0.904. The summed E-state index contributed by atoms with van der Waals surface area (Å²) in [7, 11) is 0. The number of carbonyl (C=O) groups excluding carboxylic acids is 2. The Morgan fingerprint density at radius 2 is 1.72 bits per heavy atom. The molecule has 1 aliphatic heterocycles. The lowest BCUT2D eigenvalue weighted by molar-refractivity contribution is -0.142. The van der Waals surface area contributed by atoms with Gasteiger partial charge in [0.1, 0.15) is 12.0 Å². The Balaban J connectivity index is 1.83. The Hall–Kier alpha value is -2.86. The highest BCUT2D eigenvalue weighted by Gasteiger charge is 2.45. The van der Waals surface area contributed by atoms with E-state index >= 15 is 0 Å². The molecule has 0 saturated carbocycles. The van der Waals surface area contributed by atoms with Crippen molar-refractivity contribution in [3.05, 3.63) is 65.2 Å². The van der Waals surface area contributed by atoms with E-state index in [1.807, 2.05) is 0 Å². The number of hydrogen-bond acceptors (Lipinski definition) is 3. The average molecular weight is 359 g/mol. The first-order valence-electron chi connectivity index (χ1n) is 7.63. The maximum atomic E-state index is 12.7. The van der Waals surface area contributed by atoms with Crippen molar-refractivity contribution in [1.29, 1.82) is 0 Å². The highest BCUT2D eigenvalue weighted by atomic mass is 35.5. The number of carboxylic acids is 1. The largest absolute Gasteiger partial charge is 0.481 e. The third-order valence-corrected chi connectivity index (χ3v) is 4.34. The predicted octanol–water partition coefficient (Wildman–Crippen LogP) is 2.19. The molecule has 0 aromatic heterocycles. The Kier molecular flexibility index (Phi) is 4.72. The summed E-state index contributed by atoms with van der Waals surface area (Å²) in [6.07, 6.45) is 0. The minimum absolute atomic E-state index is 0.00371. The molecular weight excluding hydrogens is 344 g/mol. The quantitative estimate of drug-likeness (QED) is 0.877. The van der Waals surface area contributed by atoms with Gasteiger partial charge in [-0.25, -0.2) is 0 Å². The van der Waals surface area contributed by atoms with Crippen LogP contribution in [0.5, 0.6) is 0 Å². The van der Waals surface area contributed by atoms with E-state index in [0.29, 0.717) is 16.3 Å². The number of aliphatic carboxylic acids is 1. The molecule has 0 radical (unpaired) electrons. The van der Waals surface area contributed by atoms with Crippen molar-refractivity contribution in [1.82, 2.24) is 5.32 Å². The van der Waals surface area contributed by atoms with Crippen molar-refractivity contribution in [2.75, 3.05) is 11.4 Å². The molecule has 1 aliphatic rings. The van der Waals surface area contributed by atoms with Crippen molar-refractivity contribution in [3.63, 3.8) is 0 Å². The number of nitrogens with zero attached hydrogens (tertiary/aromatic N) is 1. The molecule has 2 N–H and O–H groups in total. The van der Waals surface area contributed by atoms with E-state index < -0.39 is 29.7 Å². The van der Waals surface area contributed by atoms with Gasteiger partial charge >= 0.3 is 5.97 Å². The molecule has 2 aromatic rings. The molecule has 7 heteroatoms. The number of benzene rings is 2. The van der Waals surface area contributed by atoms with Crippen LogP contribution in [-0.4, -0.2) is 35.5 Å². The third kappa shape index (κ3) is 3.49. The van der Waals surface area contributed by atoms with Gasteiger partial charge < -0.3 is 15.3 Å². The summed E-state index contributed by atoms with van der Waals surface area (Å²) in [5.74, 6) is -3.12. The molecule has 1 heterocycles. The molecular formula is C18H15ClN2O4. The average Bonchev–Trinajstić information content (AvgIpc) is 2.93. The van der Waals surface area contributed by atoms with Crippen LogP contribution in [0.4, 0.5) is 5.69 Å². The van der Waals surface area contributed by atoms with E-state index in [0.717, 1.165) is 0 Å². The lowest BCUT2D eigenvalue weighted by atomic mass is 10.0. The van der Waals surface area contributed by atoms with Crippen LogP contribution in [0.25, 0.3) is 0 Å². The minimum atomic E-state index is -1.13. The van der Waals surface area contributed by atoms with Gasteiger partial charge in [0, 0.05) is 22.8 Å². The summed E-state index contributed by atoms with van der Waals surface area (Å²) < 4.78 is 0. The van der Waals surface area contributed by atoms with Crippen molar-refractivity contribution >= 4 is 35.1 Å². The minimum Gasteiger partial charge on any atom is -0.481 e. The molecule has 2 aromatic carbocycles. The Bertz CT molecular complexity index is 808. The fourth-order valence-electron chi connectivity index (χ4n) is 2.78. The smallest absolute Gasteiger partial charge is 0.310 e. The second kappa shape index (κ2) is 6.94. The zero-order valence-corrected chi connectivity index (χ0v) is 13.8. The molecule has 0 aliphatic carbocycles. The van der Waals surface area contributed by atoms with Crippen molar-refractivity contribution < 1.29 is 19.5 Å². The summed E-state index contributed by atoms with van der Waals surface area (Å²) in [4.78, 5) is 37.9. The van der Waals surface area contributed by atoms with Crippen molar-refractivity contribution in [2.45, 2.75) is 6.04 Å². The fraction of sp³-hybridized carbons (Fsp3) is 0.167. The number of rotatable bonds is 4. The molecule has 1 fully saturated rings. The number of anilines is 1. The van der Waals surface area contributed by atoms with E-state index in [1.54, 1.807) is 42.5 Å². The summed E-state index contributed by atoms with van der Waals surface area (Å²) in [6, 6.07) is 13.8. The normalized spacial score (nSPS) is 19.7. The second-order valence-electron chi connectivity index (χ2n) is 5.69. The first-order valence-corrected chi connectivity index (χ1v) is 8.01. The summed E-state index contributed by atoms with van der Waals surface area (Å²) in [5, 5.41) is 12.5. The Labute approximate surface area is 149 Å². The van der Waals surface area contributed by atoms with E-state index in [1.165, 1.54) is 17.0 Å². The number of amides is 2. The zero-order chi connectivity index (χ0) is 18.0. The van der Waals surface area contributed by atoms with Crippen LogP contribution < -0.4 is 10.2 Å². The fourth-order valence-corrected chi connectivity index (χ4v) is 2.91. The number of halogens is 1. The first kappa shape index (κ1) is 17.0. The van der Waals surface area contributed by atoms with Crippen LogP contribution in [0.15, 0.2) is 54.6 Å². The van der Waals surface area contributed by atoms with Crippen molar-refractivity contribution in [2.24, 2.45) is 5.92 Å². The molecule has 6 nitrogen and oxygen atoms in total. The Morgan fingerprint density at radius 3 is 2.32 bits per heavy atom. The number of para-hydroxylation sites is 1. The number of hydrogen-bond donors (Lipinski definition) is 2. The molecule has 0 unspecified atom stereocenters. The molecule has 128 valence electrons. The number of carboxylic acid groups (broad SMARTS) is 1. The molecule has 3 rings (SSSR count). The predicted molar refractivity (Wildman–Crippen MR) is 92.6 cm³/mol. The SMILES string of the molecule is O=C(N[C@@H]1C(=O)N(c2ccccc2)C[C@H]1C(=O)O)c1ccc(Cl)cc1. The van der Waals surface area contributed by atoms with Gasteiger partial charge in [-0.2, -0.15) is 0 Å². The van der Waals surface area contributed by atoms with E-state index in [2.05, 4.69) is 5.32 Å². The van der Waals surface area contributed by atoms with Gasteiger partial charge in [0.2, 0.25) is 0 Å². The molecule has 0 bridgehead atoms. The Morgan fingerprint density at radius 1 is 1.08 bits per heavy atom. The maximum Gasteiger partial charge on any atom is 0.310 e. The van der Waals surface area contributed by atoms with Gasteiger partial charge in [-0.3, -0.25) is 14.4 Å². The van der Waals surface area contributed by atoms with Crippen LogP contribution in [0.1, 0.15) is 10.4 Å². The van der Waals surface area contributed by atoms with E-state index in [-0.39, 0.29) is 6.54 Å². The third-order valence-electron chi connectivity index (χ3n) is 4.09. The monoisotopic (exact) mass is 358 g/mol. The second-order valence-corrected chi connectivity index (χ2v) is 6.12. The molecule has 2 atom stereocenters. The van der Waals surface area contributed by atoms with Crippen LogP contribution in [0, 0.1) is 5.92 Å². The summed E-state index contributed by atoms with van der Waals surface area (Å²) in [6.45, 7) is 0.00371. The number of carbonyl (C=O) groups is 3. The highest BCUT2D eigenvalue weighted by Crippen LogP contribution is 2.26. The molecule has 0 spiro atoms. The summed E-state index contributed by atoms with van der Waals surface area (Å²) >= 11 is 5.79. The van der Waals surface area contributed by atoms with Gasteiger partial charge in [0.15, 0.2) is 0 Å². The van der Waals surface area contributed by atoms with Gasteiger partial charge in [0.25, 0.3) is 11.8 Å². The zero-order valence-electron chi connectivity index (χ0n) is 13.1. The topological polar surface area (TPSA) is 86.7 Å². The van der Waals surface area contributed by atoms with Crippen LogP contribution >= 0.6 is 11.6 Å². The van der Waals surface area contributed by atoms with Crippen molar-refractivity contribution in [3.8, 4) is 0 Å². The molecule has 1 saturated heterocycles. The van der Waals surface area contributed by atoms with Crippen LogP contribution in [-0.2, 0) is 9.59 Å². The van der Waals surface area contributed by atoms with Gasteiger partial charge in [-0.15, -0.1) is 0 Å². The standard InChI is InChI=1S/C18H15ClN2O4/c19-12-8-6-11(7-9-12)16(22)20-15-14(18(24)25)10-21(17(15)23)13-4-2-1-3-5-13/h1-9,14-15H,10H2,(H,20,22)(H,24,25)/t14-,15+/m1/s1. The lowest BCUT2D eigenvalue weighted by Gasteiger charge is -2.17. The lowest BCUT2D eigenvalue weighted by Crippen LogP contribution is -2.46. The molecule has 2 amide bonds.